The molecule has 1 aromatic heterocycles. The van der Waals surface area contributed by atoms with Crippen LogP contribution in [0.15, 0.2) is 18.3 Å². The van der Waals surface area contributed by atoms with Crippen molar-refractivity contribution in [2.75, 3.05) is 25.2 Å². The first-order valence-corrected chi connectivity index (χ1v) is 6.32. The van der Waals surface area contributed by atoms with Gasteiger partial charge in [0.25, 0.3) is 0 Å². The summed E-state index contributed by atoms with van der Waals surface area (Å²) in [6.45, 7) is 7.36. The predicted octanol–water partition coefficient (Wildman–Crippen LogP) is 2.54. The molecule has 0 aliphatic rings. The van der Waals surface area contributed by atoms with Crippen LogP contribution in [0.1, 0.15) is 37.7 Å². The SMILES string of the molecule is CCC(C)N(CCOC)c1ccc(C(C)=O)nc1. The average Bonchev–Trinajstić information content (AvgIpc) is 2.39. The summed E-state index contributed by atoms with van der Waals surface area (Å²) in [5, 5.41) is 0. The van der Waals surface area contributed by atoms with Crippen molar-refractivity contribution in [2.45, 2.75) is 33.2 Å². The van der Waals surface area contributed by atoms with Gasteiger partial charge in [0.1, 0.15) is 5.69 Å². The summed E-state index contributed by atoms with van der Waals surface area (Å²) in [5.41, 5.74) is 1.54. The highest BCUT2D eigenvalue weighted by Crippen LogP contribution is 2.17. The van der Waals surface area contributed by atoms with E-state index in [4.69, 9.17) is 4.74 Å². The third-order valence-corrected chi connectivity index (χ3v) is 3.10. The molecule has 0 spiro atoms. The minimum Gasteiger partial charge on any atom is -0.383 e. The van der Waals surface area contributed by atoms with Crippen LogP contribution in [-0.4, -0.2) is 37.1 Å². The molecule has 0 saturated carbocycles. The van der Waals surface area contributed by atoms with Gasteiger partial charge in [-0.2, -0.15) is 0 Å². The molecule has 0 amide bonds. The van der Waals surface area contributed by atoms with Crippen LogP contribution < -0.4 is 4.90 Å². The molecular formula is C14H22N2O2. The van der Waals surface area contributed by atoms with Gasteiger partial charge in [-0.25, -0.2) is 0 Å². The number of anilines is 1. The first kappa shape index (κ1) is 14.6. The van der Waals surface area contributed by atoms with Gasteiger partial charge in [-0.05, 0) is 25.5 Å². The molecule has 100 valence electrons. The van der Waals surface area contributed by atoms with Gasteiger partial charge in [-0.15, -0.1) is 0 Å². The molecule has 0 aliphatic carbocycles. The van der Waals surface area contributed by atoms with E-state index in [0.29, 0.717) is 18.3 Å². The van der Waals surface area contributed by atoms with E-state index in [2.05, 4.69) is 23.7 Å². The van der Waals surface area contributed by atoms with Crippen LogP contribution >= 0.6 is 0 Å². The van der Waals surface area contributed by atoms with E-state index in [1.54, 1.807) is 19.4 Å². The number of carbonyl (C=O) groups is 1. The number of Topliss-reactive ketones (excluding diaryl/α,β-unsaturated/α-hetero) is 1. The maximum absolute atomic E-state index is 11.2. The van der Waals surface area contributed by atoms with Gasteiger partial charge in [-0.1, -0.05) is 6.92 Å². The quantitative estimate of drug-likeness (QED) is 0.697. The summed E-state index contributed by atoms with van der Waals surface area (Å²) in [7, 11) is 1.70. The van der Waals surface area contributed by atoms with Crippen LogP contribution in [0.2, 0.25) is 0 Å². The summed E-state index contributed by atoms with van der Waals surface area (Å²) >= 11 is 0. The number of nitrogens with zero attached hydrogens (tertiary/aromatic N) is 2. The lowest BCUT2D eigenvalue weighted by molar-refractivity contribution is 0.101. The molecule has 1 heterocycles. The topological polar surface area (TPSA) is 42.4 Å². The van der Waals surface area contributed by atoms with Crippen molar-refractivity contribution in [1.82, 2.24) is 4.98 Å². The summed E-state index contributed by atoms with van der Waals surface area (Å²) in [6, 6.07) is 4.15. The maximum Gasteiger partial charge on any atom is 0.178 e. The van der Waals surface area contributed by atoms with Crippen LogP contribution in [0.25, 0.3) is 0 Å². The van der Waals surface area contributed by atoms with Gasteiger partial charge in [0.05, 0.1) is 18.5 Å². The van der Waals surface area contributed by atoms with Crippen LogP contribution in [0.4, 0.5) is 5.69 Å². The summed E-state index contributed by atoms with van der Waals surface area (Å²) in [5.74, 6) is -0.00599. The molecule has 1 unspecified atom stereocenters. The number of hydrogen-bond acceptors (Lipinski definition) is 4. The van der Waals surface area contributed by atoms with E-state index in [1.165, 1.54) is 6.92 Å². The molecule has 1 aromatic rings. The van der Waals surface area contributed by atoms with E-state index >= 15 is 0 Å². The number of rotatable bonds is 7. The zero-order chi connectivity index (χ0) is 13.5. The highest BCUT2D eigenvalue weighted by Gasteiger charge is 2.13. The molecule has 0 saturated heterocycles. The Morgan fingerprint density at radius 2 is 2.22 bits per heavy atom. The Kier molecular flexibility index (Phi) is 5.78. The van der Waals surface area contributed by atoms with Gasteiger partial charge in [-0.3, -0.25) is 9.78 Å². The third-order valence-electron chi connectivity index (χ3n) is 3.10. The van der Waals surface area contributed by atoms with Crippen molar-refractivity contribution < 1.29 is 9.53 Å². The van der Waals surface area contributed by atoms with E-state index in [9.17, 15) is 4.79 Å². The van der Waals surface area contributed by atoms with Crippen LogP contribution in [-0.2, 0) is 4.74 Å². The molecule has 0 bridgehead atoms. The van der Waals surface area contributed by atoms with Crippen molar-refractivity contribution in [3.05, 3.63) is 24.0 Å². The number of ketones is 1. The first-order valence-electron chi connectivity index (χ1n) is 6.32. The molecule has 0 N–H and O–H groups in total. The average molecular weight is 250 g/mol. The highest BCUT2D eigenvalue weighted by molar-refractivity contribution is 5.92. The normalized spacial score (nSPS) is 12.2. The van der Waals surface area contributed by atoms with Gasteiger partial charge in [0.2, 0.25) is 0 Å². The molecule has 1 atom stereocenters. The van der Waals surface area contributed by atoms with E-state index in [1.807, 2.05) is 6.07 Å². The lowest BCUT2D eigenvalue weighted by Gasteiger charge is -2.30. The standard InChI is InChI=1S/C14H22N2O2/c1-5-11(2)16(8-9-18-4)13-6-7-14(12(3)17)15-10-13/h6-7,10-11H,5,8-9H2,1-4H3. The molecule has 1 rings (SSSR count). The summed E-state index contributed by atoms with van der Waals surface area (Å²) in [6.07, 6.45) is 2.82. The monoisotopic (exact) mass is 250 g/mol. The van der Waals surface area contributed by atoms with E-state index in [-0.39, 0.29) is 5.78 Å². The molecule has 4 nitrogen and oxygen atoms in total. The molecule has 0 fully saturated rings. The van der Waals surface area contributed by atoms with Crippen molar-refractivity contribution in [1.29, 1.82) is 0 Å². The Hall–Kier alpha value is -1.42. The van der Waals surface area contributed by atoms with Crippen molar-refractivity contribution in [3.63, 3.8) is 0 Å². The molecule has 0 aliphatic heterocycles. The Morgan fingerprint density at radius 1 is 1.50 bits per heavy atom. The zero-order valence-corrected chi connectivity index (χ0v) is 11.6. The van der Waals surface area contributed by atoms with Crippen LogP contribution in [0.5, 0.6) is 0 Å². The van der Waals surface area contributed by atoms with Crippen LogP contribution in [0, 0.1) is 0 Å². The number of aromatic nitrogens is 1. The Morgan fingerprint density at radius 3 is 2.67 bits per heavy atom. The van der Waals surface area contributed by atoms with Crippen molar-refractivity contribution >= 4 is 11.5 Å². The highest BCUT2D eigenvalue weighted by atomic mass is 16.5. The number of methoxy groups -OCH3 is 1. The second-order valence-electron chi connectivity index (χ2n) is 4.40. The largest absolute Gasteiger partial charge is 0.383 e. The fraction of sp³-hybridized carbons (Fsp3) is 0.571. The fourth-order valence-electron chi connectivity index (χ4n) is 1.78. The number of pyridine rings is 1. The minimum absolute atomic E-state index is 0.00599. The van der Waals surface area contributed by atoms with E-state index in [0.717, 1.165) is 18.7 Å². The van der Waals surface area contributed by atoms with Crippen molar-refractivity contribution in [3.8, 4) is 0 Å². The lowest BCUT2D eigenvalue weighted by Crippen LogP contribution is -2.35. The van der Waals surface area contributed by atoms with Gasteiger partial charge in [0, 0.05) is 26.6 Å². The minimum atomic E-state index is -0.00599. The summed E-state index contributed by atoms with van der Waals surface area (Å²) < 4.78 is 5.13. The van der Waals surface area contributed by atoms with Crippen molar-refractivity contribution in [2.24, 2.45) is 0 Å². The van der Waals surface area contributed by atoms with Gasteiger partial charge >= 0.3 is 0 Å². The number of ether oxygens (including phenoxy) is 1. The van der Waals surface area contributed by atoms with Gasteiger partial charge in [0.15, 0.2) is 5.78 Å². The number of hydrogen-bond donors (Lipinski definition) is 0. The van der Waals surface area contributed by atoms with Gasteiger partial charge < -0.3 is 9.64 Å². The molecule has 0 aromatic carbocycles. The second-order valence-corrected chi connectivity index (χ2v) is 4.40. The van der Waals surface area contributed by atoms with Crippen LogP contribution in [0.3, 0.4) is 0 Å². The smallest absolute Gasteiger partial charge is 0.178 e. The Bertz CT molecular complexity index is 376. The lowest BCUT2D eigenvalue weighted by atomic mass is 10.2. The molecule has 18 heavy (non-hydrogen) atoms. The Labute approximate surface area is 109 Å². The zero-order valence-electron chi connectivity index (χ0n) is 11.6. The maximum atomic E-state index is 11.2. The first-order chi connectivity index (χ1) is 8.60. The fourth-order valence-corrected chi connectivity index (χ4v) is 1.78. The Balaban J connectivity index is 2.87. The van der Waals surface area contributed by atoms with E-state index < -0.39 is 0 Å². The predicted molar refractivity (Wildman–Crippen MR) is 73.2 cm³/mol. The molecule has 0 radical (unpaired) electrons. The molecule has 4 heteroatoms. The third kappa shape index (κ3) is 3.81. The molecular weight excluding hydrogens is 228 g/mol. The second kappa shape index (κ2) is 7.11. The summed E-state index contributed by atoms with van der Waals surface area (Å²) in [4.78, 5) is 17.6. The number of carbonyl (C=O) groups excluding carboxylic acids is 1.